The monoisotopic (exact) mass is 490 g/mol. The van der Waals surface area contributed by atoms with Crippen molar-refractivity contribution in [2.45, 2.75) is 13.0 Å². The highest BCUT2D eigenvalue weighted by Gasteiger charge is 2.24. The molecule has 2 aromatic heterocycles. The molecule has 0 aliphatic heterocycles. The van der Waals surface area contributed by atoms with Crippen LogP contribution in [0.25, 0.3) is 11.5 Å². The van der Waals surface area contributed by atoms with Crippen LogP contribution >= 0.6 is 7.60 Å². The molecule has 4 aromatic rings. The summed E-state index contributed by atoms with van der Waals surface area (Å²) in [5.74, 6) is -0.869. The number of pyridine rings is 1. The SMILES string of the molecule is CCOP(=O)(O)c1ccc(C(NC(=O)c2cnc(-c3ccccn3)nc2O)c2ccccc2)cc1. The molecular weight excluding hydrogens is 467 g/mol. The van der Waals surface area contributed by atoms with E-state index in [0.29, 0.717) is 11.3 Å². The van der Waals surface area contributed by atoms with Crippen molar-refractivity contribution in [3.63, 3.8) is 0 Å². The molecule has 2 heterocycles. The first kappa shape index (κ1) is 24.2. The molecule has 2 atom stereocenters. The van der Waals surface area contributed by atoms with E-state index in [2.05, 4.69) is 20.3 Å². The number of carbonyl (C=O) groups is 1. The van der Waals surface area contributed by atoms with Crippen LogP contribution in [0, 0.1) is 0 Å². The number of nitrogens with zero attached hydrogens (tertiary/aromatic N) is 3. The van der Waals surface area contributed by atoms with Gasteiger partial charge in [-0.15, -0.1) is 0 Å². The van der Waals surface area contributed by atoms with Crippen LogP contribution in [0.2, 0.25) is 0 Å². The Kier molecular flexibility index (Phi) is 7.31. The lowest BCUT2D eigenvalue weighted by Gasteiger charge is -2.21. The van der Waals surface area contributed by atoms with Crippen LogP contribution in [0.1, 0.15) is 34.5 Å². The van der Waals surface area contributed by atoms with Gasteiger partial charge in [-0.1, -0.05) is 48.5 Å². The van der Waals surface area contributed by atoms with E-state index in [1.807, 2.05) is 30.3 Å². The van der Waals surface area contributed by atoms with E-state index >= 15 is 0 Å². The number of nitrogens with one attached hydrogen (secondary N) is 1. The molecule has 178 valence electrons. The van der Waals surface area contributed by atoms with Crippen molar-refractivity contribution in [3.05, 3.63) is 102 Å². The van der Waals surface area contributed by atoms with Gasteiger partial charge in [0.2, 0.25) is 5.88 Å². The van der Waals surface area contributed by atoms with Gasteiger partial charge in [0, 0.05) is 12.4 Å². The van der Waals surface area contributed by atoms with E-state index < -0.39 is 25.4 Å². The lowest BCUT2D eigenvalue weighted by molar-refractivity contribution is 0.0939. The molecule has 4 rings (SSSR count). The molecule has 0 fully saturated rings. The predicted molar refractivity (Wildman–Crippen MR) is 130 cm³/mol. The van der Waals surface area contributed by atoms with E-state index in [1.165, 1.54) is 18.3 Å². The van der Waals surface area contributed by atoms with Crippen LogP contribution in [-0.2, 0) is 9.09 Å². The van der Waals surface area contributed by atoms with Crippen LogP contribution in [0.15, 0.2) is 85.2 Å². The number of hydrogen-bond acceptors (Lipinski definition) is 7. The molecule has 0 spiro atoms. The summed E-state index contributed by atoms with van der Waals surface area (Å²) < 4.78 is 17.3. The summed E-state index contributed by atoms with van der Waals surface area (Å²) in [6, 6.07) is 20.1. The van der Waals surface area contributed by atoms with Crippen LogP contribution in [0.3, 0.4) is 0 Å². The fourth-order valence-electron chi connectivity index (χ4n) is 3.47. The molecule has 9 nitrogen and oxygen atoms in total. The van der Waals surface area contributed by atoms with Crippen molar-refractivity contribution in [3.8, 4) is 17.4 Å². The van der Waals surface area contributed by atoms with Crippen LogP contribution in [0.5, 0.6) is 5.88 Å². The quantitative estimate of drug-likeness (QED) is 0.319. The standard InChI is InChI=1S/C25H23N4O5P/c1-2-34-35(32,33)19-13-11-18(12-14-19)22(17-8-4-3-5-9-17)28-24(30)20-16-27-23(29-25(20)31)21-10-6-7-15-26-21/h3-16,22H,2H2,1H3,(H,28,30)(H,32,33)(H,27,29,31). The third-order valence-electron chi connectivity index (χ3n) is 5.17. The summed E-state index contributed by atoms with van der Waals surface area (Å²) in [7, 11) is -3.92. The molecule has 1 amide bonds. The minimum atomic E-state index is -3.92. The maximum atomic E-state index is 13.1. The first-order valence-electron chi connectivity index (χ1n) is 10.8. The zero-order valence-electron chi connectivity index (χ0n) is 18.8. The zero-order chi connectivity index (χ0) is 24.8. The van der Waals surface area contributed by atoms with Crippen molar-refractivity contribution in [2.24, 2.45) is 0 Å². The first-order valence-corrected chi connectivity index (χ1v) is 12.4. The molecule has 35 heavy (non-hydrogen) atoms. The Morgan fingerprint density at radius 2 is 1.69 bits per heavy atom. The van der Waals surface area contributed by atoms with E-state index in [1.54, 1.807) is 43.5 Å². The van der Waals surface area contributed by atoms with Gasteiger partial charge in [0.15, 0.2) is 5.82 Å². The molecule has 0 bridgehead atoms. The second-order valence-corrected chi connectivity index (χ2v) is 9.31. The lowest BCUT2D eigenvalue weighted by Crippen LogP contribution is -2.30. The van der Waals surface area contributed by atoms with E-state index in [-0.39, 0.29) is 23.3 Å². The minimum Gasteiger partial charge on any atom is -0.493 e. The molecule has 0 aliphatic rings. The van der Waals surface area contributed by atoms with Crippen LogP contribution in [0.4, 0.5) is 0 Å². The average Bonchev–Trinajstić information content (AvgIpc) is 2.88. The summed E-state index contributed by atoms with van der Waals surface area (Å²) >= 11 is 0. The number of benzene rings is 2. The predicted octanol–water partition coefficient (Wildman–Crippen LogP) is 3.61. The van der Waals surface area contributed by atoms with E-state index in [9.17, 15) is 19.4 Å². The molecule has 3 N–H and O–H groups in total. The van der Waals surface area contributed by atoms with Gasteiger partial charge < -0.3 is 19.8 Å². The molecule has 2 unspecified atom stereocenters. The number of hydrogen-bond donors (Lipinski definition) is 3. The highest BCUT2D eigenvalue weighted by atomic mass is 31.2. The van der Waals surface area contributed by atoms with Crippen molar-refractivity contribution in [1.82, 2.24) is 20.3 Å². The third kappa shape index (κ3) is 5.60. The largest absolute Gasteiger partial charge is 0.493 e. The summed E-state index contributed by atoms with van der Waals surface area (Å²) in [6.45, 7) is 1.74. The third-order valence-corrected chi connectivity index (χ3v) is 6.73. The Morgan fingerprint density at radius 1 is 1.00 bits per heavy atom. The normalized spacial score (nSPS) is 13.5. The molecule has 2 aromatic carbocycles. The second kappa shape index (κ2) is 10.6. The van der Waals surface area contributed by atoms with Crippen LogP contribution < -0.4 is 10.6 Å². The van der Waals surface area contributed by atoms with Gasteiger partial charge in [-0.05, 0) is 42.3 Å². The number of amides is 1. The van der Waals surface area contributed by atoms with Gasteiger partial charge in [-0.3, -0.25) is 14.3 Å². The Labute approximate surface area is 202 Å². The van der Waals surface area contributed by atoms with Crippen molar-refractivity contribution < 1.29 is 23.9 Å². The summed E-state index contributed by atoms with van der Waals surface area (Å²) in [4.78, 5) is 35.5. The maximum absolute atomic E-state index is 13.1. The smallest absolute Gasteiger partial charge is 0.358 e. The van der Waals surface area contributed by atoms with Gasteiger partial charge in [0.1, 0.15) is 11.3 Å². The number of aromatic hydroxyl groups is 1. The molecule has 0 saturated heterocycles. The van der Waals surface area contributed by atoms with E-state index in [0.717, 1.165) is 5.56 Å². The van der Waals surface area contributed by atoms with Crippen molar-refractivity contribution >= 4 is 18.8 Å². The molecule has 0 saturated carbocycles. The summed E-state index contributed by atoms with van der Waals surface area (Å²) in [5, 5.41) is 13.5. The summed E-state index contributed by atoms with van der Waals surface area (Å²) in [5.41, 5.74) is 1.80. The highest BCUT2D eigenvalue weighted by Crippen LogP contribution is 2.40. The van der Waals surface area contributed by atoms with Crippen LogP contribution in [-0.4, -0.2) is 37.5 Å². The van der Waals surface area contributed by atoms with Gasteiger partial charge >= 0.3 is 7.60 Å². The van der Waals surface area contributed by atoms with Gasteiger partial charge in [0.25, 0.3) is 5.91 Å². The Bertz CT molecular complexity index is 1350. The number of rotatable bonds is 8. The molecule has 10 heteroatoms. The first-order chi connectivity index (χ1) is 16.9. The topological polar surface area (TPSA) is 135 Å². The summed E-state index contributed by atoms with van der Waals surface area (Å²) in [6.07, 6.45) is 2.83. The second-order valence-electron chi connectivity index (χ2n) is 7.49. The average molecular weight is 490 g/mol. The maximum Gasteiger partial charge on any atom is 0.358 e. The molecular formula is C25H23N4O5P. The molecule has 0 aliphatic carbocycles. The lowest BCUT2D eigenvalue weighted by atomic mass is 9.98. The Balaban J connectivity index is 1.63. The fourth-order valence-corrected chi connectivity index (χ4v) is 4.49. The molecule has 0 radical (unpaired) electrons. The number of aromatic nitrogens is 3. The number of carbonyl (C=O) groups excluding carboxylic acids is 1. The Hall–Kier alpha value is -3.91. The zero-order valence-corrected chi connectivity index (χ0v) is 19.7. The Morgan fingerprint density at radius 3 is 2.31 bits per heavy atom. The van der Waals surface area contributed by atoms with E-state index in [4.69, 9.17) is 4.52 Å². The van der Waals surface area contributed by atoms with Gasteiger partial charge in [-0.25, -0.2) is 4.98 Å². The van der Waals surface area contributed by atoms with Crippen molar-refractivity contribution in [1.29, 1.82) is 0 Å². The highest BCUT2D eigenvalue weighted by molar-refractivity contribution is 7.61. The van der Waals surface area contributed by atoms with Gasteiger partial charge in [-0.2, -0.15) is 4.98 Å². The van der Waals surface area contributed by atoms with Gasteiger partial charge in [0.05, 0.1) is 18.0 Å². The fraction of sp³-hybridized carbons (Fsp3) is 0.120. The van der Waals surface area contributed by atoms with Crippen molar-refractivity contribution in [2.75, 3.05) is 6.61 Å². The minimum absolute atomic E-state index is 0.0987.